The number of halogens is 3. The van der Waals surface area contributed by atoms with Gasteiger partial charge in [0.25, 0.3) is 0 Å². The molecule has 134 valence electrons. The molecular weight excluding hydrogens is 436 g/mol. The summed E-state index contributed by atoms with van der Waals surface area (Å²) in [6.07, 6.45) is 0. The maximum absolute atomic E-state index is 13.0. The average molecular weight is 446 g/mol. The molecular formula is C16H10Cl2FN3OS3. The Morgan fingerprint density at radius 3 is 2.73 bits per heavy atom. The molecule has 0 saturated carbocycles. The molecule has 1 amide bonds. The summed E-state index contributed by atoms with van der Waals surface area (Å²) in [6, 6.07) is 10.9. The highest BCUT2D eigenvalue weighted by molar-refractivity contribution is 8.01. The Balaban J connectivity index is 1.66. The molecule has 26 heavy (non-hydrogen) atoms. The molecule has 0 saturated heterocycles. The van der Waals surface area contributed by atoms with Crippen molar-refractivity contribution in [3.8, 4) is 5.69 Å². The molecule has 1 aromatic heterocycles. The van der Waals surface area contributed by atoms with Crippen LogP contribution in [0.1, 0.15) is 0 Å². The van der Waals surface area contributed by atoms with Gasteiger partial charge in [0.05, 0.1) is 27.2 Å². The molecule has 0 unspecified atom stereocenters. The molecule has 0 atom stereocenters. The second-order valence-corrected chi connectivity index (χ2v) is 8.59. The van der Waals surface area contributed by atoms with E-state index in [1.54, 1.807) is 30.3 Å². The number of hydrogen-bond donors (Lipinski definition) is 1. The molecule has 0 aliphatic carbocycles. The van der Waals surface area contributed by atoms with Gasteiger partial charge in [-0.05, 0) is 48.6 Å². The van der Waals surface area contributed by atoms with Crippen LogP contribution < -0.4 is 5.32 Å². The molecule has 3 aromatic rings. The minimum Gasteiger partial charge on any atom is -0.324 e. The van der Waals surface area contributed by atoms with Crippen LogP contribution in [0.2, 0.25) is 10.0 Å². The van der Waals surface area contributed by atoms with Crippen molar-refractivity contribution in [1.29, 1.82) is 0 Å². The Kier molecular flexibility index (Phi) is 6.31. The Bertz CT molecular complexity index is 1000. The van der Waals surface area contributed by atoms with Crippen LogP contribution >= 0.6 is 58.5 Å². The smallest absolute Gasteiger partial charge is 0.234 e. The fourth-order valence-corrected chi connectivity index (χ4v) is 4.49. The molecule has 0 spiro atoms. The van der Waals surface area contributed by atoms with Crippen LogP contribution in [0, 0.1) is 9.77 Å². The highest BCUT2D eigenvalue weighted by Gasteiger charge is 2.11. The largest absolute Gasteiger partial charge is 0.324 e. The van der Waals surface area contributed by atoms with Crippen molar-refractivity contribution in [2.45, 2.75) is 4.34 Å². The quantitative estimate of drug-likeness (QED) is 0.395. The zero-order chi connectivity index (χ0) is 18.7. The van der Waals surface area contributed by atoms with E-state index in [2.05, 4.69) is 10.4 Å². The number of benzene rings is 2. The summed E-state index contributed by atoms with van der Waals surface area (Å²) in [4.78, 5) is 12.1. The third kappa shape index (κ3) is 4.63. The van der Waals surface area contributed by atoms with Gasteiger partial charge in [-0.25, -0.2) is 9.07 Å². The van der Waals surface area contributed by atoms with Gasteiger partial charge in [0, 0.05) is 0 Å². The highest BCUT2D eigenvalue weighted by atomic mass is 35.5. The van der Waals surface area contributed by atoms with Crippen LogP contribution in [0.4, 0.5) is 10.1 Å². The number of amides is 1. The molecule has 4 nitrogen and oxygen atoms in total. The van der Waals surface area contributed by atoms with E-state index < -0.39 is 0 Å². The van der Waals surface area contributed by atoms with Crippen LogP contribution in [-0.2, 0) is 4.79 Å². The molecule has 10 heteroatoms. The molecule has 0 aliphatic heterocycles. The van der Waals surface area contributed by atoms with Gasteiger partial charge in [-0.15, -0.1) is 5.10 Å². The first-order chi connectivity index (χ1) is 12.4. The third-order valence-electron chi connectivity index (χ3n) is 3.15. The normalized spacial score (nSPS) is 10.7. The van der Waals surface area contributed by atoms with E-state index >= 15 is 0 Å². The first-order valence-electron chi connectivity index (χ1n) is 7.17. The molecule has 1 N–H and O–H groups in total. The van der Waals surface area contributed by atoms with Crippen LogP contribution in [-0.4, -0.2) is 21.4 Å². The van der Waals surface area contributed by atoms with Gasteiger partial charge >= 0.3 is 0 Å². The predicted octanol–water partition coefficient (Wildman–Crippen LogP) is 5.84. The number of aromatic nitrogens is 2. The van der Waals surface area contributed by atoms with E-state index in [9.17, 15) is 9.18 Å². The van der Waals surface area contributed by atoms with E-state index in [-0.39, 0.29) is 17.5 Å². The van der Waals surface area contributed by atoms with E-state index in [0.29, 0.717) is 29.7 Å². The zero-order valence-electron chi connectivity index (χ0n) is 12.9. The predicted molar refractivity (Wildman–Crippen MR) is 108 cm³/mol. The standard InChI is InChI=1S/C16H10Cl2FN3OS3/c17-11-2-1-3-12(14(11)18)20-13(23)8-25-15-21-22(16(24)26-15)10-6-4-9(19)5-7-10/h1-7H,8H2,(H,20,23). The lowest BCUT2D eigenvalue weighted by Crippen LogP contribution is -2.14. The number of anilines is 1. The molecule has 3 rings (SSSR count). The van der Waals surface area contributed by atoms with Gasteiger partial charge in [0.1, 0.15) is 5.82 Å². The number of nitrogens with zero attached hydrogens (tertiary/aromatic N) is 2. The molecule has 0 bridgehead atoms. The lowest BCUT2D eigenvalue weighted by molar-refractivity contribution is -0.113. The van der Waals surface area contributed by atoms with E-state index in [1.165, 1.54) is 39.9 Å². The molecule has 0 radical (unpaired) electrons. The van der Waals surface area contributed by atoms with Crippen molar-refractivity contribution in [2.24, 2.45) is 0 Å². The summed E-state index contributed by atoms with van der Waals surface area (Å²) >= 11 is 19.8. The zero-order valence-corrected chi connectivity index (χ0v) is 16.9. The average Bonchev–Trinajstić information content (AvgIpc) is 2.99. The molecule has 0 aliphatic rings. The highest BCUT2D eigenvalue weighted by Crippen LogP contribution is 2.30. The van der Waals surface area contributed by atoms with Crippen LogP contribution in [0.3, 0.4) is 0 Å². The summed E-state index contributed by atoms with van der Waals surface area (Å²) < 4.78 is 15.7. The third-order valence-corrected chi connectivity index (χ3v) is 6.34. The SMILES string of the molecule is O=C(CSc1nn(-c2ccc(F)cc2)c(=S)s1)Nc1cccc(Cl)c1Cl. The summed E-state index contributed by atoms with van der Waals surface area (Å²) in [7, 11) is 0. The fraction of sp³-hybridized carbons (Fsp3) is 0.0625. The summed E-state index contributed by atoms with van der Waals surface area (Å²) in [6.45, 7) is 0. The van der Waals surface area contributed by atoms with Crippen LogP contribution in [0.25, 0.3) is 5.69 Å². The first-order valence-corrected chi connectivity index (χ1v) is 10.1. The lowest BCUT2D eigenvalue weighted by atomic mass is 10.3. The van der Waals surface area contributed by atoms with Crippen molar-refractivity contribution >= 4 is 70.1 Å². The Morgan fingerprint density at radius 1 is 1.27 bits per heavy atom. The Morgan fingerprint density at radius 2 is 2.00 bits per heavy atom. The van der Waals surface area contributed by atoms with Crippen molar-refractivity contribution in [3.05, 3.63) is 62.3 Å². The number of carbonyl (C=O) groups excluding carboxylic acids is 1. The Hall–Kier alpha value is -1.45. The monoisotopic (exact) mass is 445 g/mol. The number of hydrogen-bond acceptors (Lipinski definition) is 5. The Labute approximate surface area is 171 Å². The maximum Gasteiger partial charge on any atom is 0.234 e. The second kappa shape index (κ2) is 8.49. The molecule has 2 aromatic carbocycles. The second-order valence-electron chi connectivity index (χ2n) is 4.96. The van der Waals surface area contributed by atoms with Gasteiger partial charge in [0.2, 0.25) is 5.91 Å². The van der Waals surface area contributed by atoms with Crippen molar-refractivity contribution < 1.29 is 9.18 Å². The summed E-state index contributed by atoms with van der Waals surface area (Å²) in [5.74, 6) is -0.441. The molecule has 0 fully saturated rings. The number of thioether (sulfide) groups is 1. The summed E-state index contributed by atoms with van der Waals surface area (Å²) in [5.41, 5.74) is 1.11. The minimum absolute atomic E-state index is 0.133. The number of rotatable bonds is 5. The van der Waals surface area contributed by atoms with Crippen molar-refractivity contribution in [1.82, 2.24) is 9.78 Å². The van der Waals surface area contributed by atoms with Crippen LogP contribution in [0.15, 0.2) is 46.8 Å². The van der Waals surface area contributed by atoms with Gasteiger partial charge in [-0.1, -0.05) is 52.4 Å². The van der Waals surface area contributed by atoms with Gasteiger partial charge in [-0.2, -0.15) is 0 Å². The van der Waals surface area contributed by atoms with Gasteiger partial charge in [-0.3, -0.25) is 4.79 Å². The maximum atomic E-state index is 13.0. The topological polar surface area (TPSA) is 46.9 Å². The van der Waals surface area contributed by atoms with Crippen molar-refractivity contribution in [3.63, 3.8) is 0 Å². The van der Waals surface area contributed by atoms with Crippen LogP contribution in [0.5, 0.6) is 0 Å². The molecule has 1 heterocycles. The van der Waals surface area contributed by atoms with E-state index in [1.807, 2.05) is 0 Å². The van der Waals surface area contributed by atoms with E-state index in [0.717, 1.165) is 0 Å². The minimum atomic E-state index is -0.332. The lowest BCUT2D eigenvalue weighted by Gasteiger charge is -2.07. The van der Waals surface area contributed by atoms with E-state index in [4.69, 9.17) is 35.4 Å². The first kappa shape index (κ1) is 19.3. The fourth-order valence-electron chi connectivity index (χ4n) is 1.98. The number of nitrogens with one attached hydrogen (secondary N) is 1. The van der Waals surface area contributed by atoms with Gasteiger partial charge in [0.15, 0.2) is 8.29 Å². The number of carbonyl (C=O) groups is 1. The van der Waals surface area contributed by atoms with Crippen molar-refractivity contribution in [2.75, 3.05) is 11.1 Å². The summed E-state index contributed by atoms with van der Waals surface area (Å²) in [5, 5.41) is 7.74. The van der Waals surface area contributed by atoms with Gasteiger partial charge < -0.3 is 5.32 Å².